The molecule has 0 saturated carbocycles. The van der Waals surface area contributed by atoms with Crippen LogP contribution in [0, 0.1) is 0 Å². The molecular formula is C18H20N4OS2. The summed E-state index contributed by atoms with van der Waals surface area (Å²) in [7, 11) is 0. The number of hydrogen-bond acceptors (Lipinski definition) is 6. The lowest BCUT2D eigenvalue weighted by molar-refractivity contribution is 0.911. The first kappa shape index (κ1) is 17.7. The average molecular weight is 373 g/mol. The fourth-order valence-corrected chi connectivity index (χ4v) is 3.90. The van der Waals surface area contributed by atoms with Gasteiger partial charge in [0.05, 0.1) is 0 Å². The molecule has 130 valence electrons. The summed E-state index contributed by atoms with van der Waals surface area (Å²) in [6.45, 7) is 0.752. The first-order chi connectivity index (χ1) is 12.3. The molecular weight excluding hydrogens is 352 g/mol. The molecule has 0 aliphatic carbocycles. The summed E-state index contributed by atoms with van der Waals surface area (Å²) in [5.74, 6) is 2.38. The Morgan fingerprint density at radius 3 is 2.80 bits per heavy atom. The molecule has 3 aromatic rings. The number of rotatable bonds is 9. The van der Waals surface area contributed by atoms with Gasteiger partial charge < -0.3 is 5.32 Å². The summed E-state index contributed by atoms with van der Waals surface area (Å²) in [5, 5.41) is 6.29. The van der Waals surface area contributed by atoms with Crippen LogP contribution in [-0.4, -0.2) is 27.2 Å². The number of nitrogens with one attached hydrogen (secondary N) is 2. The van der Waals surface area contributed by atoms with Crippen molar-refractivity contribution in [2.45, 2.75) is 18.6 Å². The Morgan fingerprint density at radius 1 is 1.16 bits per heavy atom. The molecule has 0 unspecified atom stereocenters. The predicted octanol–water partition coefficient (Wildman–Crippen LogP) is 3.36. The molecule has 0 radical (unpaired) electrons. The van der Waals surface area contributed by atoms with Crippen molar-refractivity contribution < 1.29 is 0 Å². The van der Waals surface area contributed by atoms with E-state index in [0.717, 1.165) is 29.5 Å². The molecule has 2 heterocycles. The number of H-pyrrole nitrogens is 1. The average Bonchev–Trinajstić information content (AvgIpc) is 3.15. The SMILES string of the molecule is O=c1[nH]c(NCCSCc2nccs2)ncc1CCc1ccccc1. The van der Waals surface area contributed by atoms with Crippen LogP contribution in [0.2, 0.25) is 0 Å². The van der Waals surface area contributed by atoms with Gasteiger partial charge in [0.2, 0.25) is 5.95 Å². The van der Waals surface area contributed by atoms with Crippen LogP contribution in [0.25, 0.3) is 0 Å². The van der Waals surface area contributed by atoms with E-state index < -0.39 is 0 Å². The fraction of sp³-hybridized carbons (Fsp3) is 0.278. The molecule has 5 nitrogen and oxygen atoms in total. The fourth-order valence-electron chi connectivity index (χ4n) is 2.34. The summed E-state index contributed by atoms with van der Waals surface area (Å²) in [4.78, 5) is 23.5. The van der Waals surface area contributed by atoms with E-state index in [1.807, 2.05) is 41.5 Å². The van der Waals surface area contributed by atoms with Crippen molar-refractivity contribution in [1.29, 1.82) is 0 Å². The first-order valence-corrected chi connectivity index (χ1v) is 10.2. The monoisotopic (exact) mass is 372 g/mol. The van der Waals surface area contributed by atoms with Crippen molar-refractivity contribution >= 4 is 29.0 Å². The number of thioether (sulfide) groups is 1. The Morgan fingerprint density at radius 2 is 2.04 bits per heavy atom. The zero-order chi connectivity index (χ0) is 17.3. The van der Waals surface area contributed by atoms with Gasteiger partial charge in [-0.1, -0.05) is 30.3 Å². The van der Waals surface area contributed by atoms with Crippen LogP contribution in [0.1, 0.15) is 16.1 Å². The van der Waals surface area contributed by atoms with Gasteiger partial charge in [0, 0.05) is 41.4 Å². The number of anilines is 1. The lowest BCUT2D eigenvalue weighted by Gasteiger charge is -2.06. The second kappa shape index (κ2) is 9.39. The van der Waals surface area contributed by atoms with Crippen molar-refractivity contribution in [2.24, 2.45) is 0 Å². The van der Waals surface area contributed by atoms with E-state index in [4.69, 9.17) is 0 Å². The Labute approximate surface area is 155 Å². The van der Waals surface area contributed by atoms with Crippen molar-refractivity contribution in [2.75, 3.05) is 17.6 Å². The minimum atomic E-state index is -0.0659. The molecule has 0 fully saturated rings. The number of hydrogen-bond donors (Lipinski definition) is 2. The van der Waals surface area contributed by atoms with E-state index >= 15 is 0 Å². The second-order valence-corrected chi connectivity index (χ2v) is 7.56. The lowest BCUT2D eigenvalue weighted by atomic mass is 10.1. The maximum atomic E-state index is 12.2. The van der Waals surface area contributed by atoms with E-state index in [9.17, 15) is 4.79 Å². The molecule has 2 N–H and O–H groups in total. The normalized spacial score (nSPS) is 10.7. The molecule has 0 saturated heterocycles. The van der Waals surface area contributed by atoms with Gasteiger partial charge in [-0.2, -0.15) is 11.8 Å². The number of benzene rings is 1. The van der Waals surface area contributed by atoms with Crippen molar-refractivity contribution in [1.82, 2.24) is 15.0 Å². The molecule has 0 amide bonds. The minimum absolute atomic E-state index is 0.0659. The number of aromatic nitrogens is 3. The number of aryl methyl sites for hydroxylation is 2. The van der Waals surface area contributed by atoms with E-state index in [1.165, 1.54) is 5.56 Å². The maximum absolute atomic E-state index is 12.2. The summed E-state index contributed by atoms with van der Waals surface area (Å²) in [5.41, 5.74) is 1.87. The van der Waals surface area contributed by atoms with Gasteiger partial charge in [-0.05, 0) is 18.4 Å². The van der Waals surface area contributed by atoms with Crippen LogP contribution < -0.4 is 10.9 Å². The van der Waals surface area contributed by atoms with Crippen LogP contribution in [0.3, 0.4) is 0 Å². The van der Waals surface area contributed by atoms with E-state index in [-0.39, 0.29) is 5.56 Å². The molecule has 7 heteroatoms. The summed E-state index contributed by atoms with van der Waals surface area (Å²) >= 11 is 3.48. The van der Waals surface area contributed by atoms with Crippen LogP contribution in [0.15, 0.2) is 52.9 Å². The topological polar surface area (TPSA) is 70.7 Å². The van der Waals surface area contributed by atoms with Gasteiger partial charge in [0.25, 0.3) is 5.56 Å². The Balaban J connectivity index is 1.42. The van der Waals surface area contributed by atoms with E-state index in [0.29, 0.717) is 17.9 Å². The van der Waals surface area contributed by atoms with Gasteiger partial charge in [-0.3, -0.25) is 9.78 Å². The highest BCUT2D eigenvalue weighted by Crippen LogP contribution is 2.13. The Hall–Kier alpha value is -2.12. The third kappa shape index (κ3) is 5.72. The zero-order valence-electron chi connectivity index (χ0n) is 13.8. The Kier molecular flexibility index (Phi) is 6.64. The number of aromatic amines is 1. The van der Waals surface area contributed by atoms with E-state index in [2.05, 4.69) is 32.4 Å². The van der Waals surface area contributed by atoms with Crippen LogP contribution in [-0.2, 0) is 18.6 Å². The zero-order valence-corrected chi connectivity index (χ0v) is 15.4. The van der Waals surface area contributed by atoms with Crippen molar-refractivity contribution in [3.8, 4) is 0 Å². The van der Waals surface area contributed by atoms with Crippen molar-refractivity contribution in [3.63, 3.8) is 0 Å². The third-order valence-electron chi connectivity index (χ3n) is 3.65. The predicted molar refractivity (Wildman–Crippen MR) is 105 cm³/mol. The van der Waals surface area contributed by atoms with Crippen LogP contribution in [0.4, 0.5) is 5.95 Å². The van der Waals surface area contributed by atoms with Crippen LogP contribution >= 0.6 is 23.1 Å². The number of thiazole rings is 1. The number of nitrogens with zero attached hydrogens (tertiary/aromatic N) is 2. The van der Waals surface area contributed by atoms with Gasteiger partial charge in [0.1, 0.15) is 5.01 Å². The lowest BCUT2D eigenvalue weighted by Crippen LogP contribution is -2.18. The third-order valence-corrected chi connectivity index (χ3v) is 5.58. The maximum Gasteiger partial charge on any atom is 0.255 e. The summed E-state index contributed by atoms with van der Waals surface area (Å²) < 4.78 is 0. The summed E-state index contributed by atoms with van der Waals surface area (Å²) in [6.07, 6.45) is 5.03. The quantitative estimate of drug-likeness (QED) is 0.564. The highest BCUT2D eigenvalue weighted by atomic mass is 32.2. The Bertz CT molecular complexity index is 819. The molecule has 0 aliphatic rings. The molecule has 0 aliphatic heterocycles. The summed E-state index contributed by atoms with van der Waals surface area (Å²) in [6, 6.07) is 10.2. The van der Waals surface area contributed by atoms with Gasteiger partial charge in [-0.25, -0.2) is 9.97 Å². The van der Waals surface area contributed by atoms with Gasteiger partial charge in [-0.15, -0.1) is 11.3 Å². The standard InChI is InChI=1S/C18H20N4OS2/c23-17-15(7-6-14-4-2-1-3-5-14)12-21-18(22-17)20-8-10-24-13-16-19-9-11-25-16/h1-5,9,11-12H,6-8,10,13H2,(H2,20,21,22,23). The first-order valence-electron chi connectivity index (χ1n) is 8.13. The van der Waals surface area contributed by atoms with E-state index in [1.54, 1.807) is 17.5 Å². The smallest absolute Gasteiger partial charge is 0.255 e. The highest BCUT2D eigenvalue weighted by molar-refractivity contribution is 7.98. The largest absolute Gasteiger partial charge is 0.355 e. The molecule has 0 bridgehead atoms. The van der Waals surface area contributed by atoms with Crippen LogP contribution in [0.5, 0.6) is 0 Å². The molecule has 0 spiro atoms. The second-order valence-electron chi connectivity index (χ2n) is 5.48. The van der Waals surface area contributed by atoms with Gasteiger partial charge in [0.15, 0.2) is 0 Å². The van der Waals surface area contributed by atoms with Crippen molar-refractivity contribution in [3.05, 3.63) is 74.6 Å². The molecule has 0 atom stereocenters. The molecule has 25 heavy (non-hydrogen) atoms. The molecule has 1 aromatic carbocycles. The van der Waals surface area contributed by atoms with Gasteiger partial charge >= 0.3 is 0 Å². The molecule has 3 rings (SSSR count). The highest BCUT2D eigenvalue weighted by Gasteiger charge is 2.03. The minimum Gasteiger partial charge on any atom is -0.355 e. The molecule has 2 aromatic heterocycles.